The number of aromatic nitrogens is 2. The van der Waals surface area contributed by atoms with Crippen molar-refractivity contribution in [2.45, 2.75) is 39.3 Å². The molecule has 7 nitrogen and oxygen atoms in total. The van der Waals surface area contributed by atoms with Crippen LogP contribution < -0.4 is 10.9 Å². The second kappa shape index (κ2) is 11.4. The van der Waals surface area contributed by atoms with Crippen molar-refractivity contribution in [2.75, 3.05) is 32.8 Å². The van der Waals surface area contributed by atoms with Gasteiger partial charge < -0.3 is 10.1 Å². The Kier molecular flexibility index (Phi) is 8.08. The summed E-state index contributed by atoms with van der Waals surface area (Å²) in [5.41, 5.74) is 1.05. The summed E-state index contributed by atoms with van der Waals surface area (Å²) in [4.78, 5) is 29.0. The molecule has 1 amide bonds. The van der Waals surface area contributed by atoms with Gasteiger partial charge in [-0.1, -0.05) is 75.2 Å². The minimum absolute atomic E-state index is 0.195. The van der Waals surface area contributed by atoms with Gasteiger partial charge in [-0.25, -0.2) is 4.68 Å². The van der Waals surface area contributed by atoms with Gasteiger partial charge in [-0.3, -0.25) is 14.5 Å². The van der Waals surface area contributed by atoms with Crippen molar-refractivity contribution in [3.63, 3.8) is 0 Å². The normalized spacial score (nSPS) is 15.5. The third-order valence-corrected chi connectivity index (χ3v) is 6.84. The van der Waals surface area contributed by atoms with Crippen LogP contribution in [0.2, 0.25) is 0 Å². The van der Waals surface area contributed by atoms with Crippen molar-refractivity contribution in [3.8, 4) is 0 Å². The smallest absolute Gasteiger partial charge is 0.274 e. The fourth-order valence-electron chi connectivity index (χ4n) is 4.88. The number of hydrogen-bond donors (Lipinski definition) is 1. The van der Waals surface area contributed by atoms with Crippen LogP contribution in [0.4, 0.5) is 0 Å². The third-order valence-electron chi connectivity index (χ3n) is 6.84. The molecule has 180 valence electrons. The van der Waals surface area contributed by atoms with Crippen LogP contribution in [0, 0.1) is 5.92 Å². The maximum Gasteiger partial charge on any atom is 0.274 e. The van der Waals surface area contributed by atoms with Crippen molar-refractivity contribution in [2.24, 2.45) is 5.92 Å². The van der Waals surface area contributed by atoms with Crippen molar-refractivity contribution in [1.29, 1.82) is 0 Å². The van der Waals surface area contributed by atoms with E-state index in [-0.39, 0.29) is 23.2 Å². The molecule has 1 aliphatic rings. The zero-order valence-corrected chi connectivity index (χ0v) is 20.1. The molecule has 1 unspecified atom stereocenters. The average Bonchev–Trinajstić information content (AvgIpc) is 2.89. The largest absolute Gasteiger partial charge is 0.379 e. The van der Waals surface area contributed by atoms with Crippen molar-refractivity contribution < 1.29 is 9.53 Å². The van der Waals surface area contributed by atoms with Gasteiger partial charge >= 0.3 is 0 Å². The summed E-state index contributed by atoms with van der Waals surface area (Å²) in [7, 11) is 0. The van der Waals surface area contributed by atoms with Gasteiger partial charge in [0, 0.05) is 31.1 Å². The Balaban J connectivity index is 1.62. The Hall–Kier alpha value is -3.03. The Morgan fingerprint density at radius 2 is 1.65 bits per heavy atom. The number of nitrogens with one attached hydrogen (secondary N) is 1. The predicted octanol–water partition coefficient (Wildman–Crippen LogP) is 3.31. The lowest BCUT2D eigenvalue weighted by Gasteiger charge is -2.38. The molecule has 34 heavy (non-hydrogen) atoms. The summed E-state index contributed by atoms with van der Waals surface area (Å²) in [6.07, 6.45) is 2.11. The van der Waals surface area contributed by atoms with Crippen LogP contribution in [-0.4, -0.2) is 59.5 Å². The average molecular weight is 463 g/mol. The summed E-state index contributed by atoms with van der Waals surface area (Å²) in [6, 6.07) is 17.1. The molecule has 0 aliphatic carbocycles. The van der Waals surface area contributed by atoms with Crippen LogP contribution in [0.1, 0.15) is 42.7 Å². The molecule has 1 aromatic heterocycles. The van der Waals surface area contributed by atoms with Gasteiger partial charge in [0.25, 0.3) is 11.5 Å². The van der Waals surface area contributed by atoms with Gasteiger partial charge in [0.2, 0.25) is 0 Å². The maximum atomic E-state index is 13.4. The van der Waals surface area contributed by atoms with E-state index in [9.17, 15) is 9.59 Å². The lowest BCUT2D eigenvalue weighted by molar-refractivity contribution is 0.00190. The zero-order valence-electron chi connectivity index (χ0n) is 20.1. The molecule has 0 spiro atoms. The Labute approximate surface area is 200 Å². The van der Waals surface area contributed by atoms with Gasteiger partial charge in [-0.2, -0.15) is 5.10 Å². The topological polar surface area (TPSA) is 76.5 Å². The molecule has 0 saturated carbocycles. The lowest BCUT2D eigenvalue weighted by atomic mass is 9.92. The number of fused-ring (bicyclic) bond motifs is 1. The van der Waals surface area contributed by atoms with Gasteiger partial charge in [-0.15, -0.1) is 0 Å². The quantitative estimate of drug-likeness (QED) is 0.528. The highest BCUT2D eigenvalue weighted by molar-refractivity contribution is 6.04. The Morgan fingerprint density at radius 3 is 2.32 bits per heavy atom. The molecule has 0 bridgehead atoms. The Morgan fingerprint density at radius 1 is 1.00 bits per heavy atom. The van der Waals surface area contributed by atoms with E-state index in [1.165, 1.54) is 4.68 Å². The highest BCUT2D eigenvalue weighted by Gasteiger charge is 2.28. The predicted molar refractivity (Wildman–Crippen MR) is 134 cm³/mol. The summed E-state index contributed by atoms with van der Waals surface area (Å²) < 4.78 is 6.94. The number of benzene rings is 2. The number of carbonyl (C=O) groups is 1. The van der Waals surface area contributed by atoms with Gasteiger partial charge in [-0.05, 0) is 17.5 Å². The summed E-state index contributed by atoms with van der Waals surface area (Å²) in [6.45, 7) is 8.46. The van der Waals surface area contributed by atoms with Gasteiger partial charge in [0.05, 0.1) is 25.1 Å². The van der Waals surface area contributed by atoms with Crippen LogP contribution in [-0.2, 0) is 11.3 Å². The number of carbonyl (C=O) groups excluding carboxylic acids is 1. The molecule has 1 atom stereocenters. The van der Waals surface area contributed by atoms with E-state index in [1.54, 1.807) is 12.1 Å². The second-order valence-electron chi connectivity index (χ2n) is 8.84. The second-order valence-corrected chi connectivity index (χ2v) is 8.84. The standard InChI is InChI=1S/C27H34N4O3/c1-3-21(4-2)24(30-14-16-34-17-15-30)18-28-26(32)25-22-12-8-9-13-23(22)27(33)31(29-25)19-20-10-6-5-7-11-20/h5-13,21,24H,3-4,14-19H2,1-2H3,(H,28,32). The molecule has 2 heterocycles. The van der Waals surface area contributed by atoms with Crippen LogP contribution in [0.3, 0.4) is 0 Å². The van der Waals surface area contributed by atoms with E-state index >= 15 is 0 Å². The van der Waals surface area contributed by atoms with Crippen LogP contribution in [0.15, 0.2) is 59.4 Å². The number of amides is 1. The highest BCUT2D eigenvalue weighted by atomic mass is 16.5. The third kappa shape index (κ3) is 5.37. The monoisotopic (exact) mass is 462 g/mol. The van der Waals surface area contributed by atoms with Crippen LogP contribution in [0.5, 0.6) is 0 Å². The first kappa shape index (κ1) is 24.1. The zero-order chi connectivity index (χ0) is 23.9. The molecule has 4 rings (SSSR count). The minimum atomic E-state index is -0.248. The van der Waals surface area contributed by atoms with E-state index < -0.39 is 0 Å². The summed E-state index contributed by atoms with van der Waals surface area (Å²) >= 11 is 0. The molecule has 1 saturated heterocycles. The van der Waals surface area contributed by atoms with E-state index in [2.05, 4.69) is 29.2 Å². The van der Waals surface area contributed by atoms with E-state index in [4.69, 9.17) is 4.74 Å². The number of morpholine rings is 1. The number of rotatable bonds is 9. The van der Waals surface area contributed by atoms with Crippen LogP contribution >= 0.6 is 0 Å². The van der Waals surface area contributed by atoms with E-state index in [0.717, 1.165) is 44.7 Å². The molecule has 7 heteroatoms. The summed E-state index contributed by atoms with van der Waals surface area (Å²) in [5, 5.41) is 8.76. The van der Waals surface area contributed by atoms with Crippen molar-refractivity contribution in [1.82, 2.24) is 20.0 Å². The fourth-order valence-corrected chi connectivity index (χ4v) is 4.88. The minimum Gasteiger partial charge on any atom is -0.379 e. The molecule has 2 aromatic carbocycles. The van der Waals surface area contributed by atoms with E-state index in [0.29, 0.717) is 29.8 Å². The van der Waals surface area contributed by atoms with Gasteiger partial charge in [0.1, 0.15) is 0 Å². The molecule has 1 N–H and O–H groups in total. The number of hydrogen-bond acceptors (Lipinski definition) is 5. The maximum absolute atomic E-state index is 13.4. The molecule has 3 aromatic rings. The molecular formula is C27H34N4O3. The SMILES string of the molecule is CCC(CC)C(CNC(=O)c1nn(Cc2ccccc2)c(=O)c2ccccc12)N1CCOCC1. The fraction of sp³-hybridized carbons (Fsp3) is 0.444. The highest BCUT2D eigenvalue weighted by Crippen LogP contribution is 2.20. The first-order chi connectivity index (χ1) is 16.6. The number of nitrogens with zero attached hydrogens (tertiary/aromatic N) is 3. The summed E-state index contributed by atoms with van der Waals surface area (Å²) in [5.74, 6) is 0.234. The molecule has 1 fully saturated rings. The van der Waals surface area contributed by atoms with Crippen molar-refractivity contribution >= 4 is 16.7 Å². The Bertz CT molecular complexity index is 1150. The van der Waals surface area contributed by atoms with Gasteiger partial charge in [0.15, 0.2) is 5.69 Å². The lowest BCUT2D eigenvalue weighted by Crippen LogP contribution is -2.52. The molecular weight excluding hydrogens is 428 g/mol. The van der Waals surface area contributed by atoms with Crippen LogP contribution in [0.25, 0.3) is 10.8 Å². The first-order valence-electron chi connectivity index (χ1n) is 12.3. The molecule has 0 radical (unpaired) electrons. The van der Waals surface area contributed by atoms with Crippen molar-refractivity contribution in [3.05, 3.63) is 76.2 Å². The van der Waals surface area contributed by atoms with E-state index in [1.807, 2.05) is 42.5 Å². The molecule has 1 aliphatic heterocycles. The first-order valence-corrected chi connectivity index (χ1v) is 12.3. The number of ether oxygens (including phenoxy) is 1.